The van der Waals surface area contributed by atoms with Crippen LogP contribution >= 0.6 is 11.3 Å². The van der Waals surface area contributed by atoms with Crippen LogP contribution in [0.25, 0.3) is 10.2 Å². The number of nitrogens with one attached hydrogen (secondary N) is 1. The molecule has 27 heavy (non-hydrogen) atoms. The second-order valence-electron chi connectivity index (χ2n) is 7.33. The quantitative estimate of drug-likeness (QED) is 0.645. The molecule has 0 saturated carbocycles. The summed E-state index contributed by atoms with van der Waals surface area (Å²) in [5.41, 5.74) is 2.21. The molecule has 1 heterocycles. The number of anilines is 1. The van der Waals surface area contributed by atoms with Gasteiger partial charge < -0.3 is 0 Å². The van der Waals surface area contributed by atoms with Gasteiger partial charge in [-0.2, -0.15) is 0 Å². The minimum atomic E-state index is -3.70. The van der Waals surface area contributed by atoms with Crippen molar-refractivity contribution in [3.63, 3.8) is 0 Å². The molecule has 1 aromatic heterocycles. The fraction of sp³-hybridized carbons (Fsp3) is 0.250. The van der Waals surface area contributed by atoms with E-state index in [-0.39, 0.29) is 15.2 Å². The summed E-state index contributed by atoms with van der Waals surface area (Å²) in [6.45, 7) is 10.3. The van der Waals surface area contributed by atoms with E-state index in [1.807, 2.05) is 12.1 Å². The van der Waals surface area contributed by atoms with Gasteiger partial charge in [0.25, 0.3) is 10.0 Å². The van der Waals surface area contributed by atoms with Crippen molar-refractivity contribution < 1.29 is 8.42 Å². The van der Waals surface area contributed by atoms with Gasteiger partial charge in [0, 0.05) is 6.54 Å². The lowest BCUT2D eigenvalue weighted by atomic mass is 9.87. The Labute approximate surface area is 163 Å². The minimum Gasteiger partial charge on any atom is -0.295 e. The van der Waals surface area contributed by atoms with Crippen molar-refractivity contribution in [1.82, 2.24) is 4.57 Å². The highest BCUT2D eigenvalue weighted by molar-refractivity contribution is 7.92. The number of sulfonamides is 1. The summed E-state index contributed by atoms with van der Waals surface area (Å²) in [6.07, 6.45) is 1.66. The maximum atomic E-state index is 12.7. The van der Waals surface area contributed by atoms with Crippen LogP contribution in [0.1, 0.15) is 26.3 Å². The Balaban J connectivity index is 1.91. The zero-order valence-electron chi connectivity index (χ0n) is 15.5. The first kappa shape index (κ1) is 19.4. The van der Waals surface area contributed by atoms with E-state index in [0.717, 1.165) is 27.1 Å². The summed E-state index contributed by atoms with van der Waals surface area (Å²) >= 11 is 1.08. The Morgan fingerprint density at radius 3 is 2.41 bits per heavy atom. The number of allylic oxidation sites excluding steroid dienone is 1. The Hall–Kier alpha value is -2.38. The highest BCUT2D eigenvalue weighted by Crippen LogP contribution is 2.26. The molecule has 0 atom stereocenters. The van der Waals surface area contributed by atoms with Crippen LogP contribution < -0.4 is 9.60 Å². The first-order valence-electron chi connectivity index (χ1n) is 8.49. The van der Waals surface area contributed by atoms with Gasteiger partial charge in [-0.15, -0.1) is 6.58 Å². The molecule has 3 rings (SSSR count). The van der Waals surface area contributed by atoms with E-state index in [0.29, 0.717) is 12.2 Å². The molecule has 0 amide bonds. The average molecular weight is 403 g/mol. The minimum absolute atomic E-state index is 0.0449. The van der Waals surface area contributed by atoms with Gasteiger partial charge in [0.1, 0.15) is 0 Å². The molecule has 0 aliphatic heterocycles. The molecular formula is C20H22N2O3S2. The molecule has 0 spiro atoms. The maximum Gasteiger partial charge on any atom is 0.308 e. The smallest absolute Gasteiger partial charge is 0.295 e. The monoisotopic (exact) mass is 402 g/mol. The molecule has 1 N–H and O–H groups in total. The van der Waals surface area contributed by atoms with Crippen molar-refractivity contribution in [3.8, 4) is 0 Å². The molecule has 0 radical (unpaired) electrons. The zero-order chi connectivity index (χ0) is 19.8. The molecule has 0 saturated heterocycles. The predicted octanol–water partition coefficient (Wildman–Crippen LogP) is 4.35. The summed E-state index contributed by atoms with van der Waals surface area (Å²) in [5.74, 6) is 0. The topological polar surface area (TPSA) is 68.2 Å². The van der Waals surface area contributed by atoms with E-state index in [1.165, 1.54) is 0 Å². The maximum absolute atomic E-state index is 12.7. The third kappa shape index (κ3) is 3.99. The normalized spacial score (nSPS) is 12.3. The van der Waals surface area contributed by atoms with Gasteiger partial charge in [-0.3, -0.25) is 14.1 Å². The second kappa shape index (κ2) is 6.98. The number of rotatable bonds is 5. The van der Waals surface area contributed by atoms with E-state index in [1.54, 1.807) is 41.0 Å². The molecule has 2 aromatic carbocycles. The molecule has 0 aliphatic carbocycles. The van der Waals surface area contributed by atoms with Gasteiger partial charge in [0.05, 0.1) is 20.8 Å². The Kier molecular flexibility index (Phi) is 5.01. The molecule has 0 unspecified atom stereocenters. The lowest BCUT2D eigenvalue weighted by molar-refractivity contribution is 0.587. The predicted molar refractivity (Wildman–Crippen MR) is 112 cm³/mol. The molecule has 3 aromatic rings. The van der Waals surface area contributed by atoms with Gasteiger partial charge in [0.2, 0.25) is 0 Å². The van der Waals surface area contributed by atoms with Crippen molar-refractivity contribution in [2.75, 3.05) is 4.72 Å². The Bertz CT molecular complexity index is 1150. The average Bonchev–Trinajstić information content (AvgIpc) is 2.89. The molecule has 0 bridgehead atoms. The van der Waals surface area contributed by atoms with Crippen LogP contribution in [-0.2, 0) is 22.0 Å². The third-order valence-corrected chi connectivity index (χ3v) is 6.60. The molecule has 5 nitrogen and oxygen atoms in total. The largest absolute Gasteiger partial charge is 0.308 e. The number of hydrogen-bond donors (Lipinski definition) is 1. The first-order chi connectivity index (χ1) is 12.6. The van der Waals surface area contributed by atoms with Crippen molar-refractivity contribution in [2.45, 2.75) is 37.6 Å². The van der Waals surface area contributed by atoms with Crippen LogP contribution in [0.15, 0.2) is 64.8 Å². The first-order valence-corrected chi connectivity index (χ1v) is 10.8. The highest BCUT2D eigenvalue weighted by Gasteiger charge is 2.18. The zero-order valence-corrected chi connectivity index (χ0v) is 17.2. The van der Waals surface area contributed by atoms with E-state index < -0.39 is 10.0 Å². The SMILES string of the molecule is C=CCn1c(=O)sc2cc(NS(=O)(=O)c3ccc(C(C)(C)C)cc3)ccc21. The van der Waals surface area contributed by atoms with Crippen LogP contribution in [0.2, 0.25) is 0 Å². The van der Waals surface area contributed by atoms with Crippen molar-refractivity contribution in [2.24, 2.45) is 0 Å². The number of hydrogen-bond acceptors (Lipinski definition) is 4. The van der Waals surface area contributed by atoms with Crippen molar-refractivity contribution in [3.05, 3.63) is 70.4 Å². The van der Waals surface area contributed by atoms with Gasteiger partial charge >= 0.3 is 4.87 Å². The fourth-order valence-electron chi connectivity index (χ4n) is 2.78. The molecule has 142 valence electrons. The van der Waals surface area contributed by atoms with Gasteiger partial charge in [-0.1, -0.05) is 50.3 Å². The fourth-order valence-corrected chi connectivity index (χ4v) is 4.77. The van der Waals surface area contributed by atoms with Gasteiger partial charge in [-0.05, 0) is 41.3 Å². The summed E-state index contributed by atoms with van der Waals surface area (Å²) in [5, 5.41) is 0. The lowest BCUT2D eigenvalue weighted by Gasteiger charge is -2.19. The summed E-state index contributed by atoms with van der Waals surface area (Å²) in [7, 11) is -3.70. The number of thiazole rings is 1. The van der Waals surface area contributed by atoms with Crippen molar-refractivity contribution in [1.29, 1.82) is 0 Å². The molecule has 0 fully saturated rings. The second-order valence-corrected chi connectivity index (χ2v) is 10.0. The highest BCUT2D eigenvalue weighted by atomic mass is 32.2. The number of fused-ring (bicyclic) bond motifs is 1. The number of nitrogens with zero attached hydrogens (tertiary/aromatic N) is 1. The van der Waals surface area contributed by atoms with Crippen LogP contribution in [0.3, 0.4) is 0 Å². The summed E-state index contributed by atoms with van der Waals surface area (Å²) in [4.78, 5) is 12.2. The van der Waals surface area contributed by atoms with Crippen LogP contribution in [-0.4, -0.2) is 13.0 Å². The van der Waals surface area contributed by atoms with E-state index in [2.05, 4.69) is 32.1 Å². The van der Waals surface area contributed by atoms with Gasteiger partial charge in [-0.25, -0.2) is 8.42 Å². The molecular weight excluding hydrogens is 380 g/mol. The summed E-state index contributed by atoms with van der Waals surface area (Å²) < 4.78 is 30.3. The number of aromatic nitrogens is 1. The Morgan fingerprint density at radius 2 is 1.81 bits per heavy atom. The van der Waals surface area contributed by atoms with Crippen LogP contribution in [0, 0.1) is 0 Å². The standard InChI is InChI=1S/C20H22N2O3S2/c1-5-12-22-17-11-8-15(13-18(17)26-19(22)23)21-27(24,25)16-9-6-14(7-10-16)20(2,3)4/h5-11,13,21H,1,12H2,2-4H3. The van der Waals surface area contributed by atoms with Crippen molar-refractivity contribution >= 4 is 37.3 Å². The van der Waals surface area contributed by atoms with E-state index in [4.69, 9.17) is 0 Å². The van der Waals surface area contributed by atoms with Crippen LogP contribution in [0.5, 0.6) is 0 Å². The van der Waals surface area contributed by atoms with Crippen LogP contribution in [0.4, 0.5) is 5.69 Å². The molecule has 0 aliphatic rings. The lowest BCUT2D eigenvalue weighted by Crippen LogP contribution is -2.15. The van der Waals surface area contributed by atoms with E-state index >= 15 is 0 Å². The Morgan fingerprint density at radius 1 is 1.15 bits per heavy atom. The third-order valence-electron chi connectivity index (χ3n) is 4.26. The number of benzene rings is 2. The molecule has 7 heteroatoms. The summed E-state index contributed by atoms with van der Waals surface area (Å²) in [6, 6.07) is 12.0. The van der Waals surface area contributed by atoms with Gasteiger partial charge in [0.15, 0.2) is 0 Å². The van der Waals surface area contributed by atoms with E-state index in [9.17, 15) is 13.2 Å².